The fourth-order valence-corrected chi connectivity index (χ4v) is 6.29. The molecule has 0 bridgehead atoms. The molecule has 6 rings (SSSR count). The maximum atomic E-state index is 13.6. The number of nitrogens with zero attached hydrogens (tertiary/aromatic N) is 1. The molecule has 1 saturated heterocycles. The quantitative estimate of drug-likeness (QED) is 0.161. The van der Waals surface area contributed by atoms with Gasteiger partial charge in [0.25, 0.3) is 11.8 Å². The summed E-state index contributed by atoms with van der Waals surface area (Å²) in [6.45, 7) is 0.0359. The Kier molecular flexibility index (Phi) is 9.08. The Balaban J connectivity index is 1.22. The fourth-order valence-electron chi connectivity index (χ4n) is 4.91. The minimum absolute atomic E-state index is 0.0328. The van der Waals surface area contributed by atoms with Crippen LogP contribution >= 0.6 is 27.7 Å². The van der Waals surface area contributed by atoms with E-state index in [1.165, 1.54) is 29.8 Å². The summed E-state index contributed by atoms with van der Waals surface area (Å²) in [6.07, 6.45) is 1.56. The van der Waals surface area contributed by atoms with E-state index < -0.39 is 17.1 Å². The van der Waals surface area contributed by atoms with Crippen LogP contribution < -0.4 is 29.7 Å². The highest BCUT2D eigenvalue weighted by molar-refractivity contribution is 9.10. The molecule has 2 aliphatic heterocycles. The minimum atomic E-state index is -0.622. The molecule has 2 N–H and O–H groups in total. The predicted octanol–water partition coefficient (Wildman–Crippen LogP) is 6.02. The van der Waals surface area contributed by atoms with Crippen LogP contribution in [-0.4, -0.2) is 42.8 Å². The number of hydrogen-bond acceptors (Lipinski definition) is 8. The summed E-state index contributed by atoms with van der Waals surface area (Å²) < 4.78 is 17.3. The van der Waals surface area contributed by atoms with E-state index in [0.717, 1.165) is 4.47 Å². The molecule has 0 aromatic heterocycles. The average molecular weight is 701 g/mol. The van der Waals surface area contributed by atoms with E-state index in [0.29, 0.717) is 44.6 Å². The number of thioether (sulfide) groups is 1. The number of carbonyl (C=O) groups excluding carboxylic acids is 4. The van der Waals surface area contributed by atoms with Crippen LogP contribution in [0.3, 0.4) is 0 Å². The van der Waals surface area contributed by atoms with E-state index in [1.807, 2.05) is 0 Å². The van der Waals surface area contributed by atoms with Gasteiger partial charge in [0.2, 0.25) is 24.4 Å². The van der Waals surface area contributed by atoms with E-state index in [1.54, 1.807) is 91.0 Å². The summed E-state index contributed by atoms with van der Waals surface area (Å²) in [5, 5.41) is 4.93. The molecule has 10 nitrogen and oxygen atoms in total. The van der Waals surface area contributed by atoms with Gasteiger partial charge in [0.1, 0.15) is 5.70 Å². The van der Waals surface area contributed by atoms with Crippen molar-refractivity contribution in [3.63, 3.8) is 0 Å². The van der Waals surface area contributed by atoms with Gasteiger partial charge in [-0.1, -0.05) is 40.2 Å². The molecule has 0 spiro atoms. The van der Waals surface area contributed by atoms with E-state index >= 15 is 0 Å². The number of anilines is 2. The zero-order valence-corrected chi connectivity index (χ0v) is 26.7. The highest BCUT2D eigenvalue weighted by Crippen LogP contribution is 2.42. The number of benzene rings is 4. The number of hydrogen-bond donors (Lipinski definition) is 2. The van der Waals surface area contributed by atoms with Crippen molar-refractivity contribution >= 4 is 68.8 Å². The van der Waals surface area contributed by atoms with Crippen LogP contribution in [0.25, 0.3) is 6.08 Å². The SMILES string of the molecule is COc1cc(/C=C(\NC(=O)c2ccccc2)C(=O)Nc2cccc(S[C@@H]3CC(=O)N(c4ccc(Br)cc4)C3=O)c2)cc2c1OCO2. The second kappa shape index (κ2) is 13.5. The minimum Gasteiger partial charge on any atom is -0.493 e. The molecule has 0 saturated carbocycles. The summed E-state index contributed by atoms with van der Waals surface area (Å²) in [5.41, 5.74) is 1.81. The van der Waals surface area contributed by atoms with Gasteiger partial charge < -0.3 is 24.8 Å². The van der Waals surface area contributed by atoms with Crippen molar-refractivity contribution < 1.29 is 33.4 Å². The molecule has 0 unspecified atom stereocenters. The summed E-state index contributed by atoms with van der Waals surface area (Å²) >= 11 is 4.61. The predicted molar refractivity (Wildman–Crippen MR) is 177 cm³/mol. The molecular formula is C34H26BrN3O7S. The lowest BCUT2D eigenvalue weighted by molar-refractivity contribution is -0.121. The molecular weight excluding hydrogens is 674 g/mol. The van der Waals surface area contributed by atoms with Crippen molar-refractivity contribution in [2.24, 2.45) is 0 Å². The Labute approximate surface area is 276 Å². The lowest BCUT2D eigenvalue weighted by Crippen LogP contribution is -2.31. The number of carbonyl (C=O) groups is 4. The lowest BCUT2D eigenvalue weighted by atomic mass is 10.1. The zero-order valence-electron chi connectivity index (χ0n) is 24.3. The largest absolute Gasteiger partial charge is 0.493 e. The van der Waals surface area contributed by atoms with Gasteiger partial charge in [0.15, 0.2) is 11.5 Å². The van der Waals surface area contributed by atoms with Gasteiger partial charge in [-0.2, -0.15) is 0 Å². The van der Waals surface area contributed by atoms with Crippen LogP contribution in [0.4, 0.5) is 11.4 Å². The van der Waals surface area contributed by atoms with Gasteiger partial charge >= 0.3 is 0 Å². The Hall–Kier alpha value is -5.07. The lowest BCUT2D eigenvalue weighted by Gasteiger charge is -2.15. The molecule has 1 fully saturated rings. The molecule has 4 aromatic rings. The smallest absolute Gasteiger partial charge is 0.272 e. The van der Waals surface area contributed by atoms with Crippen LogP contribution in [0.1, 0.15) is 22.3 Å². The Morgan fingerprint density at radius 1 is 0.978 bits per heavy atom. The van der Waals surface area contributed by atoms with E-state index in [4.69, 9.17) is 14.2 Å². The summed E-state index contributed by atoms with van der Waals surface area (Å²) in [7, 11) is 1.49. The number of nitrogens with one attached hydrogen (secondary N) is 2. The van der Waals surface area contributed by atoms with Crippen LogP contribution in [0.15, 0.2) is 106 Å². The molecule has 2 heterocycles. The van der Waals surface area contributed by atoms with Gasteiger partial charge in [0, 0.05) is 27.0 Å². The zero-order chi connectivity index (χ0) is 32.2. The van der Waals surface area contributed by atoms with Crippen molar-refractivity contribution in [2.45, 2.75) is 16.6 Å². The van der Waals surface area contributed by atoms with Crippen molar-refractivity contribution in [3.8, 4) is 17.2 Å². The van der Waals surface area contributed by atoms with Crippen LogP contribution in [0.5, 0.6) is 17.2 Å². The summed E-state index contributed by atoms with van der Waals surface area (Å²) in [5.74, 6) is -0.328. The highest BCUT2D eigenvalue weighted by atomic mass is 79.9. The van der Waals surface area contributed by atoms with Gasteiger partial charge in [-0.15, -0.1) is 11.8 Å². The third-order valence-corrected chi connectivity index (χ3v) is 8.79. The Morgan fingerprint density at radius 2 is 1.76 bits per heavy atom. The van der Waals surface area contributed by atoms with E-state index in [9.17, 15) is 19.2 Å². The monoisotopic (exact) mass is 699 g/mol. The highest BCUT2D eigenvalue weighted by Gasteiger charge is 2.40. The maximum Gasteiger partial charge on any atom is 0.272 e. The second-order valence-corrected chi connectivity index (χ2v) is 12.4. The van der Waals surface area contributed by atoms with E-state index in [-0.39, 0.29) is 30.7 Å². The number of imide groups is 1. The van der Waals surface area contributed by atoms with Crippen molar-refractivity contribution in [3.05, 3.63) is 112 Å². The molecule has 4 amide bonds. The average Bonchev–Trinajstić information content (AvgIpc) is 3.64. The number of fused-ring (bicyclic) bond motifs is 1. The van der Waals surface area contributed by atoms with Crippen molar-refractivity contribution in [1.29, 1.82) is 0 Å². The third kappa shape index (κ3) is 6.77. The molecule has 0 radical (unpaired) electrons. The van der Waals surface area contributed by atoms with Crippen molar-refractivity contribution in [2.75, 3.05) is 24.1 Å². The molecule has 0 aliphatic carbocycles. The summed E-state index contributed by atoms with van der Waals surface area (Å²) in [6, 6.07) is 25.8. The second-order valence-electron chi connectivity index (χ2n) is 10.2. The fraction of sp³-hybridized carbons (Fsp3) is 0.118. The topological polar surface area (TPSA) is 123 Å². The number of halogens is 1. The molecule has 1 atom stereocenters. The van der Waals surface area contributed by atoms with Crippen LogP contribution in [-0.2, 0) is 14.4 Å². The van der Waals surface area contributed by atoms with Crippen LogP contribution in [0.2, 0.25) is 0 Å². The maximum absolute atomic E-state index is 13.6. The van der Waals surface area contributed by atoms with Gasteiger partial charge in [0.05, 0.1) is 18.0 Å². The third-order valence-electron chi connectivity index (χ3n) is 7.08. The normalized spacial score (nSPS) is 15.6. The van der Waals surface area contributed by atoms with Gasteiger partial charge in [-0.05, 0) is 78.4 Å². The summed E-state index contributed by atoms with van der Waals surface area (Å²) in [4.78, 5) is 54.6. The first kappa shape index (κ1) is 30.9. The molecule has 4 aromatic carbocycles. The van der Waals surface area contributed by atoms with Crippen LogP contribution in [0, 0.1) is 0 Å². The van der Waals surface area contributed by atoms with Gasteiger partial charge in [-0.3, -0.25) is 19.2 Å². The number of methoxy groups -OCH3 is 1. The first-order chi connectivity index (χ1) is 22.3. The number of ether oxygens (including phenoxy) is 3. The number of rotatable bonds is 9. The number of amides is 4. The van der Waals surface area contributed by atoms with Gasteiger partial charge in [-0.25, -0.2) is 4.90 Å². The first-order valence-electron chi connectivity index (χ1n) is 14.1. The molecule has 2 aliphatic rings. The first-order valence-corrected chi connectivity index (χ1v) is 15.7. The molecule has 12 heteroatoms. The Morgan fingerprint density at radius 3 is 2.52 bits per heavy atom. The molecule has 46 heavy (non-hydrogen) atoms. The molecule has 232 valence electrons. The van der Waals surface area contributed by atoms with E-state index in [2.05, 4.69) is 26.6 Å². The standard InChI is InChI=1S/C34H26BrN3O7S/c1-43-27-15-20(16-28-31(27)45-19-44-28)14-26(37-32(40)21-6-3-2-4-7-21)33(41)36-23-8-5-9-25(17-23)46-29-18-30(39)38(34(29)42)24-12-10-22(35)11-13-24/h2-17,29H,18-19H2,1H3,(H,36,41)(H,37,40)/b26-14-/t29-/m1/s1. The Bertz CT molecular complexity index is 1860. The van der Waals surface area contributed by atoms with Crippen molar-refractivity contribution in [1.82, 2.24) is 5.32 Å².